The molecule has 7 nitrogen and oxygen atoms in total. The van der Waals surface area contributed by atoms with Crippen LogP contribution >= 0.6 is 0 Å². The number of amides is 1. The zero-order chi connectivity index (χ0) is 20.5. The third-order valence-electron chi connectivity index (χ3n) is 5.99. The van der Waals surface area contributed by atoms with E-state index in [1.807, 2.05) is 19.1 Å². The molecule has 1 N–H and O–H groups in total. The quantitative estimate of drug-likeness (QED) is 0.854. The normalized spacial score (nSPS) is 15.9. The van der Waals surface area contributed by atoms with Gasteiger partial charge in [-0.25, -0.2) is 9.36 Å². The molecule has 1 atom stereocenters. The Labute approximate surface area is 168 Å². The molecule has 0 unspecified atom stereocenters. The van der Waals surface area contributed by atoms with Crippen molar-refractivity contribution in [3.8, 4) is 6.07 Å². The summed E-state index contributed by atoms with van der Waals surface area (Å²) in [7, 11) is 0. The molecule has 29 heavy (non-hydrogen) atoms. The summed E-state index contributed by atoms with van der Waals surface area (Å²) in [6.45, 7) is 1.97. The first-order valence-electron chi connectivity index (χ1n) is 10.2. The number of fused-ring (bicyclic) bond motifs is 2. The number of benzene rings is 1. The number of rotatable bonds is 4. The van der Waals surface area contributed by atoms with Crippen LogP contribution in [-0.2, 0) is 37.1 Å². The smallest absolute Gasteiger partial charge is 0.331 e. The topological polar surface area (TPSA) is 96.9 Å². The third-order valence-corrected chi connectivity index (χ3v) is 5.99. The average Bonchev–Trinajstić information content (AvgIpc) is 3.21. The molecule has 0 bridgehead atoms. The van der Waals surface area contributed by atoms with Crippen molar-refractivity contribution in [1.29, 1.82) is 5.26 Å². The van der Waals surface area contributed by atoms with E-state index in [1.165, 1.54) is 28.5 Å². The van der Waals surface area contributed by atoms with E-state index in [1.54, 1.807) is 0 Å². The lowest BCUT2D eigenvalue weighted by Gasteiger charge is -2.20. The van der Waals surface area contributed by atoms with Crippen LogP contribution in [-0.4, -0.2) is 15.0 Å². The molecule has 150 valence electrons. The molecule has 0 saturated heterocycles. The van der Waals surface area contributed by atoms with Gasteiger partial charge in [0.15, 0.2) is 0 Å². The Morgan fingerprint density at radius 3 is 2.69 bits per heavy atom. The highest BCUT2D eigenvalue weighted by molar-refractivity contribution is 5.76. The van der Waals surface area contributed by atoms with E-state index >= 15 is 0 Å². The SMILES string of the molecule is C[C@@H](NC(=O)Cn1c(=O)c(C#N)c2n(c1=O)CCC2)c1ccc2c(c1)CCCC2. The Morgan fingerprint density at radius 1 is 1.17 bits per heavy atom. The molecule has 7 heteroatoms. The number of carbonyl (C=O) groups excluding carboxylic acids is 1. The van der Waals surface area contributed by atoms with Crippen LogP contribution < -0.4 is 16.6 Å². The van der Waals surface area contributed by atoms with Crippen LogP contribution in [0.25, 0.3) is 0 Å². The molecular formula is C22H24N4O3. The molecule has 2 aromatic rings. The predicted molar refractivity (Wildman–Crippen MR) is 108 cm³/mol. The molecule has 4 rings (SSSR count). The minimum absolute atomic E-state index is 0.0300. The maximum Gasteiger partial charge on any atom is 0.331 e. The first kappa shape index (κ1) is 19.2. The van der Waals surface area contributed by atoms with Crippen molar-refractivity contribution in [2.45, 2.75) is 64.6 Å². The summed E-state index contributed by atoms with van der Waals surface area (Å²) in [5.74, 6) is -0.420. The number of hydrogen-bond acceptors (Lipinski definition) is 4. The van der Waals surface area contributed by atoms with Gasteiger partial charge in [-0.15, -0.1) is 0 Å². The summed E-state index contributed by atoms with van der Waals surface area (Å²) in [6, 6.07) is 7.97. The summed E-state index contributed by atoms with van der Waals surface area (Å²) >= 11 is 0. The molecule has 1 amide bonds. The zero-order valence-electron chi connectivity index (χ0n) is 16.5. The third kappa shape index (κ3) is 3.51. The van der Waals surface area contributed by atoms with Gasteiger partial charge in [-0.3, -0.25) is 14.2 Å². The first-order chi connectivity index (χ1) is 14.0. The highest BCUT2D eigenvalue weighted by Crippen LogP contribution is 2.24. The monoisotopic (exact) mass is 392 g/mol. The second-order valence-corrected chi connectivity index (χ2v) is 7.89. The van der Waals surface area contributed by atoms with Gasteiger partial charge < -0.3 is 5.32 Å². The molecule has 0 spiro atoms. The van der Waals surface area contributed by atoms with Crippen molar-refractivity contribution in [2.75, 3.05) is 0 Å². The zero-order valence-corrected chi connectivity index (χ0v) is 16.5. The minimum Gasteiger partial charge on any atom is -0.348 e. The molecular weight excluding hydrogens is 368 g/mol. The number of nitriles is 1. The van der Waals surface area contributed by atoms with Crippen LogP contribution in [0.1, 0.15) is 60.2 Å². The van der Waals surface area contributed by atoms with E-state index in [-0.39, 0.29) is 18.2 Å². The lowest BCUT2D eigenvalue weighted by molar-refractivity contribution is -0.122. The summed E-state index contributed by atoms with van der Waals surface area (Å²) in [5, 5.41) is 12.2. The molecule has 1 aromatic heterocycles. The fourth-order valence-electron chi connectivity index (χ4n) is 4.43. The minimum atomic E-state index is -0.678. The Hall–Kier alpha value is -3.14. The highest BCUT2D eigenvalue weighted by Gasteiger charge is 2.24. The van der Waals surface area contributed by atoms with Crippen LogP contribution in [0, 0.1) is 11.3 Å². The second kappa shape index (κ2) is 7.70. The van der Waals surface area contributed by atoms with Gasteiger partial charge >= 0.3 is 5.69 Å². The standard InChI is InChI=1S/C22H24N4O3/c1-14(16-9-8-15-5-2-3-6-17(15)11-16)24-20(27)13-26-21(28)18(12-23)19-7-4-10-25(19)22(26)29/h8-9,11,14H,2-7,10,13H2,1H3,(H,24,27)/t14-/m1/s1. The summed E-state index contributed by atoms with van der Waals surface area (Å²) in [5.41, 5.74) is 2.98. The molecule has 0 fully saturated rings. The van der Waals surface area contributed by atoms with Gasteiger partial charge in [0.2, 0.25) is 5.91 Å². The fourth-order valence-corrected chi connectivity index (χ4v) is 4.43. The number of carbonyl (C=O) groups is 1. The maximum absolute atomic E-state index is 12.6. The van der Waals surface area contributed by atoms with E-state index < -0.39 is 17.2 Å². The Kier molecular flexibility index (Phi) is 5.10. The van der Waals surface area contributed by atoms with E-state index in [2.05, 4.69) is 17.4 Å². The van der Waals surface area contributed by atoms with Crippen LogP contribution in [0.3, 0.4) is 0 Å². The Morgan fingerprint density at radius 2 is 1.93 bits per heavy atom. The van der Waals surface area contributed by atoms with Crippen molar-refractivity contribution >= 4 is 5.91 Å². The summed E-state index contributed by atoms with van der Waals surface area (Å²) in [6.07, 6.45) is 5.81. The van der Waals surface area contributed by atoms with Gasteiger partial charge in [0, 0.05) is 12.2 Å². The number of aromatic nitrogens is 2. The summed E-state index contributed by atoms with van der Waals surface area (Å²) < 4.78 is 2.32. The van der Waals surface area contributed by atoms with Gasteiger partial charge in [-0.1, -0.05) is 18.2 Å². The predicted octanol–water partition coefficient (Wildman–Crippen LogP) is 1.58. The molecule has 2 aliphatic rings. The van der Waals surface area contributed by atoms with Crippen molar-refractivity contribution in [2.24, 2.45) is 0 Å². The Balaban J connectivity index is 1.54. The van der Waals surface area contributed by atoms with E-state index in [4.69, 9.17) is 0 Å². The molecule has 1 aliphatic carbocycles. The number of nitrogens with one attached hydrogen (secondary N) is 1. The van der Waals surface area contributed by atoms with Crippen LogP contribution in [0.15, 0.2) is 27.8 Å². The molecule has 2 heterocycles. The van der Waals surface area contributed by atoms with Crippen LogP contribution in [0.2, 0.25) is 0 Å². The van der Waals surface area contributed by atoms with Gasteiger partial charge in [-0.05, 0) is 62.1 Å². The highest BCUT2D eigenvalue weighted by atomic mass is 16.2. The first-order valence-corrected chi connectivity index (χ1v) is 10.2. The number of hydrogen-bond donors (Lipinski definition) is 1. The number of nitrogens with zero attached hydrogens (tertiary/aromatic N) is 3. The van der Waals surface area contributed by atoms with Crippen LogP contribution in [0.5, 0.6) is 0 Å². The Bertz CT molecular complexity index is 1140. The van der Waals surface area contributed by atoms with Crippen molar-refractivity contribution in [1.82, 2.24) is 14.5 Å². The van der Waals surface area contributed by atoms with Crippen molar-refractivity contribution in [3.05, 3.63) is 67.0 Å². The van der Waals surface area contributed by atoms with Gasteiger partial charge in [-0.2, -0.15) is 5.26 Å². The lowest BCUT2D eigenvalue weighted by Crippen LogP contribution is -2.45. The van der Waals surface area contributed by atoms with E-state index in [0.717, 1.165) is 29.4 Å². The van der Waals surface area contributed by atoms with Gasteiger partial charge in [0.25, 0.3) is 5.56 Å². The van der Waals surface area contributed by atoms with Gasteiger partial charge in [0.1, 0.15) is 18.2 Å². The molecule has 1 aliphatic heterocycles. The van der Waals surface area contributed by atoms with Crippen molar-refractivity contribution < 1.29 is 4.79 Å². The molecule has 0 saturated carbocycles. The van der Waals surface area contributed by atoms with Crippen LogP contribution in [0.4, 0.5) is 0 Å². The molecule has 1 aromatic carbocycles. The summed E-state index contributed by atoms with van der Waals surface area (Å²) in [4.78, 5) is 37.8. The van der Waals surface area contributed by atoms with Crippen molar-refractivity contribution in [3.63, 3.8) is 0 Å². The maximum atomic E-state index is 12.6. The lowest BCUT2D eigenvalue weighted by atomic mass is 9.89. The average molecular weight is 392 g/mol. The molecule has 0 radical (unpaired) electrons. The van der Waals surface area contributed by atoms with E-state index in [0.29, 0.717) is 18.7 Å². The largest absolute Gasteiger partial charge is 0.348 e. The second-order valence-electron chi connectivity index (χ2n) is 7.89. The van der Waals surface area contributed by atoms with Gasteiger partial charge in [0.05, 0.1) is 6.04 Å². The number of aryl methyl sites for hydroxylation is 2. The fraction of sp³-hybridized carbons (Fsp3) is 0.455. The van der Waals surface area contributed by atoms with E-state index in [9.17, 15) is 19.6 Å².